The van der Waals surface area contributed by atoms with E-state index in [1.807, 2.05) is 0 Å². The van der Waals surface area contributed by atoms with Crippen LogP contribution in [-0.2, 0) is 9.59 Å². The van der Waals surface area contributed by atoms with Gasteiger partial charge >= 0.3 is 6.18 Å². The summed E-state index contributed by atoms with van der Waals surface area (Å²) < 4.78 is 36.5. The van der Waals surface area contributed by atoms with Crippen molar-refractivity contribution in [2.75, 3.05) is 0 Å². The second-order valence-corrected chi connectivity index (χ2v) is 7.68. The van der Waals surface area contributed by atoms with Crippen molar-refractivity contribution < 1.29 is 22.8 Å². The third kappa shape index (κ3) is 2.21. The molecule has 1 aliphatic heterocycles. The molecule has 1 heterocycles. The van der Waals surface area contributed by atoms with Crippen LogP contribution >= 0.6 is 11.8 Å². The summed E-state index contributed by atoms with van der Waals surface area (Å²) in [7, 11) is 0. The number of thioether (sulfide) groups is 1. The first-order chi connectivity index (χ1) is 10.1. The number of fused-ring (bicyclic) bond motifs is 2. The van der Waals surface area contributed by atoms with Crippen LogP contribution < -0.4 is 11.1 Å². The second kappa shape index (κ2) is 4.87. The van der Waals surface area contributed by atoms with E-state index in [-0.39, 0.29) is 17.0 Å². The van der Waals surface area contributed by atoms with Crippen LogP contribution in [-0.4, -0.2) is 33.9 Å². The van der Waals surface area contributed by atoms with Crippen LogP contribution in [0.4, 0.5) is 13.2 Å². The number of carbonyl (C=O) groups is 2. The van der Waals surface area contributed by atoms with Crippen molar-refractivity contribution in [3.8, 4) is 0 Å². The van der Waals surface area contributed by atoms with Crippen LogP contribution in [0.2, 0.25) is 0 Å². The SMILES string of the molecule is CC1(C(F)(F)F)SC(=NC2C3CCC(C3)C2C(N)=O)NC1=O. The fraction of sp³-hybridized carbons (Fsp3) is 0.769. The lowest BCUT2D eigenvalue weighted by Gasteiger charge is -2.26. The van der Waals surface area contributed by atoms with E-state index in [2.05, 4.69) is 10.3 Å². The summed E-state index contributed by atoms with van der Waals surface area (Å²) in [6, 6.07) is -0.422. The maximum Gasteiger partial charge on any atom is 0.412 e. The molecule has 2 aliphatic carbocycles. The lowest BCUT2D eigenvalue weighted by atomic mass is 9.84. The summed E-state index contributed by atoms with van der Waals surface area (Å²) in [6.45, 7) is 0.835. The van der Waals surface area contributed by atoms with Gasteiger partial charge in [-0.25, -0.2) is 0 Å². The van der Waals surface area contributed by atoms with Crippen LogP contribution in [0.1, 0.15) is 26.2 Å². The monoisotopic (exact) mass is 335 g/mol. The van der Waals surface area contributed by atoms with Gasteiger partial charge in [-0.3, -0.25) is 14.6 Å². The first-order valence-corrected chi connectivity index (χ1v) is 7.89. The van der Waals surface area contributed by atoms with Gasteiger partial charge in [-0.05, 0) is 38.0 Å². The van der Waals surface area contributed by atoms with Crippen LogP contribution in [0.3, 0.4) is 0 Å². The van der Waals surface area contributed by atoms with Gasteiger partial charge in [-0.1, -0.05) is 11.8 Å². The molecule has 22 heavy (non-hydrogen) atoms. The Hall–Kier alpha value is -1.25. The molecule has 5 unspecified atom stereocenters. The van der Waals surface area contributed by atoms with E-state index in [0.29, 0.717) is 11.8 Å². The number of alkyl halides is 3. The molecule has 0 spiro atoms. The molecular formula is C13H16F3N3O2S. The van der Waals surface area contributed by atoms with E-state index in [0.717, 1.165) is 26.2 Å². The zero-order valence-corrected chi connectivity index (χ0v) is 12.6. The molecule has 3 fully saturated rings. The predicted octanol–water partition coefficient (Wildman–Crippen LogP) is 1.43. The number of halogens is 3. The minimum absolute atomic E-state index is 0.0615. The van der Waals surface area contributed by atoms with Crippen molar-refractivity contribution in [1.82, 2.24) is 5.32 Å². The molecule has 3 rings (SSSR count). The van der Waals surface area contributed by atoms with E-state index < -0.39 is 34.7 Å². The van der Waals surface area contributed by atoms with Gasteiger partial charge in [-0.15, -0.1) is 0 Å². The lowest BCUT2D eigenvalue weighted by molar-refractivity contribution is -0.166. The average Bonchev–Trinajstić information content (AvgIpc) is 3.03. The molecule has 1 saturated heterocycles. The summed E-state index contributed by atoms with van der Waals surface area (Å²) in [5.74, 6) is -1.71. The molecule has 122 valence electrons. The summed E-state index contributed by atoms with van der Waals surface area (Å²) in [6.07, 6.45) is -2.05. The van der Waals surface area contributed by atoms with Crippen LogP contribution in [0.25, 0.3) is 0 Å². The van der Waals surface area contributed by atoms with Gasteiger partial charge in [0, 0.05) is 0 Å². The van der Waals surface area contributed by atoms with Crippen molar-refractivity contribution >= 4 is 28.7 Å². The number of hydrogen-bond acceptors (Lipinski definition) is 4. The third-order valence-electron chi connectivity index (χ3n) is 4.96. The second-order valence-electron chi connectivity index (χ2n) is 6.27. The van der Waals surface area contributed by atoms with Crippen molar-refractivity contribution in [3.05, 3.63) is 0 Å². The van der Waals surface area contributed by atoms with Crippen LogP contribution in [0.15, 0.2) is 4.99 Å². The molecule has 0 aromatic heterocycles. The highest BCUT2D eigenvalue weighted by atomic mass is 32.2. The molecule has 2 saturated carbocycles. The van der Waals surface area contributed by atoms with Crippen molar-refractivity contribution in [2.24, 2.45) is 28.5 Å². The van der Waals surface area contributed by atoms with Crippen molar-refractivity contribution in [2.45, 2.75) is 43.2 Å². The van der Waals surface area contributed by atoms with E-state index in [9.17, 15) is 22.8 Å². The van der Waals surface area contributed by atoms with E-state index in [1.54, 1.807) is 0 Å². The number of amidine groups is 1. The predicted molar refractivity (Wildman–Crippen MR) is 74.9 cm³/mol. The molecule has 3 aliphatic rings. The number of nitrogens with zero attached hydrogens (tertiary/aromatic N) is 1. The summed E-state index contributed by atoms with van der Waals surface area (Å²) in [5, 5.41) is 2.14. The maximum absolute atomic E-state index is 13.0. The zero-order valence-electron chi connectivity index (χ0n) is 11.8. The zero-order chi connectivity index (χ0) is 16.3. The molecule has 9 heteroatoms. The quantitative estimate of drug-likeness (QED) is 0.800. The van der Waals surface area contributed by atoms with Crippen molar-refractivity contribution in [1.29, 1.82) is 0 Å². The smallest absolute Gasteiger partial charge is 0.369 e. The van der Waals surface area contributed by atoms with Crippen LogP contribution in [0.5, 0.6) is 0 Å². The van der Waals surface area contributed by atoms with Gasteiger partial charge in [0.2, 0.25) is 5.91 Å². The van der Waals surface area contributed by atoms with E-state index in [4.69, 9.17) is 5.73 Å². The Balaban J connectivity index is 1.85. The maximum atomic E-state index is 13.0. The lowest BCUT2D eigenvalue weighted by Crippen LogP contribution is -2.46. The average molecular weight is 335 g/mol. The molecule has 2 bridgehead atoms. The topological polar surface area (TPSA) is 84.5 Å². The van der Waals surface area contributed by atoms with Crippen LogP contribution in [0, 0.1) is 17.8 Å². The number of rotatable bonds is 2. The third-order valence-corrected chi connectivity index (χ3v) is 6.19. The summed E-state index contributed by atoms with van der Waals surface area (Å²) in [4.78, 5) is 27.5. The van der Waals surface area contributed by atoms with Crippen molar-refractivity contribution in [3.63, 3.8) is 0 Å². The number of hydrogen-bond donors (Lipinski definition) is 2. The van der Waals surface area contributed by atoms with Gasteiger partial charge in [0.1, 0.15) is 0 Å². The molecule has 5 atom stereocenters. The number of nitrogens with one attached hydrogen (secondary N) is 1. The Morgan fingerprint density at radius 1 is 1.41 bits per heavy atom. The minimum atomic E-state index is -4.67. The number of amides is 2. The van der Waals surface area contributed by atoms with Gasteiger partial charge < -0.3 is 11.1 Å². The van der Waals surface area contributed by atoms with E-state index >= 15 is 0 Å². The van der Waals surface area contributed by atoms with E-state index in [1.165, 1.54) is 0 Å². The number of aliphatic imine (C=N–C) groups is 1. The molecular weight excluding hydrogens is 319 g/mol. The first kappa shape index (κ1) is 15.6. The normalized spacial score (nSPS) is 42.9. The Morgan fingerprint density at radius 3 is 2.59 bits per heavy atom. The van der Waals surface area contributed by atoms with Gasteiger partial charge in [-0.2, -0.15) is 13.2 Å². The Labute approximate surface area is 129 Å². The highest BCUT2D eigenvalue weighted by Crippen LogP contribution is 2.51. The number of nitrogens with two attached hydrogens (primary N) is 1. The largest absolute Gasteiger partial charge is 0.412 e. The van der Waals surface area contributed by atoms with Gasteiger partial charge in [0.25, 0.3) is 5.91 Å². The van der Waals surface area contributed by atoms with Gasteiger partial charge in [0.05, 0.1) is 12.0 Å². The fourth-order valence-corrected chi connectivity index (χ4v) is 4.67. The Bertz CT molecular complexity index is 565. The molecule has 0 radical (unpaired) electrons. The summed E-state index contributed by atoms with van der Waals surface area (Å²) in [5.41, 5.74) is 5.42. The first-order valence-electron chi connectivity index (χ1n) is 7.08. The highest BCUT2D eigenvalue weighted by molar-refractivity contribution is 8.16. The molecule has 0 aromatic rings. The number of carbonyl (C=O) groups excluding carboxylic acids is 2. The Morgan fingerprint density at radius 2 is 2.05 bits per heavy atom. The fourth-order valence-electron chi connectivity index (χ4n) is 3.71. The Kier molecular flexibility index (Phi) is 3.46. The number of primary amides is 1. The molecule has 2 amide bonds. The highest BCUT2D eigenvalue weighted by Gasteiger charge is 2.62. The molecule has 3 N–H and O–H groups in total. The standard InChI is InChI=1S/C13H16F3N3O2S/c1-12(13(14,15)16)10(21)19-11(22-12)18-8-6-3-2-5(4-6)7(8)9(17)20/h5-8H,2-4H2,1H3,(H2,17,20)(H,18,19,21). The molecule has 5 nitrogen and oxygen atoms in total. The summed E-state index contributed by atoms with van der Waals surface area (Å²) >= 11 is 0.368. The molecule has 0 aromatic carbocycles. The minimum Gasteiger partial charge on any atom is -0.369 e. The van der Waals surface area contributed by atoms with Gasteiger partial charge in [0.15, 0.2) is 9.91 Å².